The van der Waals surface area contributed by atoms with Gasteiger partial charge in [0.05, 0.1) is 5.69 Å². The van der Waals surface area contributed by atoms with Crippen LogP contribution in [-0.2, 0) is 12.8 Å². The third-order valence-electron chi connectivity index (χ3n) is 2.89. The highest BCUT2D eigenvalue weighted by Gasteiger charge is 2.20. The predicted octanol–water partition coefficient (Wildman–Crippen LogP) is 2.02. The molecule has 0 saturated heterocycles. The van der Waals surface area contributed by atoms with Gasteiger partial charge in [0.1, 0.15) is 5.01 Å². The van der Waals surface area contributed by atoms with E-state index in [1.54, 1.807) is 17.5 Å². The zero-order valence-corrected chi connectivity index (χ0v) is 9.70. The van der Waals surface area contributed by atoms with Crippen molar-refractivity contribution in [3.8, 4) is 10.6 Å². The third-order valence-corrected chi connectivity index (χ3v) is 4.06. The highest BCUT2D eigenvalue weighted by molar-refractivity contribution is 7.15. The summed E-state index contributed by atoms with van der Waals surface area (Å²) >= 11 is 1.76. The molecule has 3 rings (SSSR count). The summed E-state index contributed by atoms with van der Waals surface area (Å²) in [5, 5.41) is 1.08. The van der Waals surface area contributed by atoms with Crippen molar-refractivity contribution in [1.29, 1.82) is 0 Å². The molecular formula is C12H13N3S. The van der Waals surface area contributed by atoms with Crippen molar-refractivity contribution in [3.05, 3.63) is 35.1 Å². The number of hydrogen-bond donors (Lipinski definition) is 1. The maximum absolute atomic E-state index is 5.96. The van der Waals surface area contributed by atoms with Gasteiger partial charge >= 0.3 is 0 Å². The minimum Gasteiger partial charge on any atom is -0.327 e. The largest absolute Gasteiger partial charge is 0.327 e. The van der Waals surface area contributed by atoms with Gasteiger partial charge in [-0.25, -0.2) is 4.98 Å². The third kappa shape index (κ3) is 1.74. The first kappa shape index (κ1) is 9.93. The Morgan fingerprint density at radius 1 is 1.44 bits per heavy atom. The molecule has 16 heavy (non-hydrogen) atoms. The standard InChI is InChI=1S/C12H13N3S/c13-9-3-4-10-11(6-9)16-12(15-10)8-2-1-5-14-7-8/h1-2,5,7,9H,3-4,6,13H2. The van der Waals surface area contributed by atoms with Gasteiger partial charge in [0, 0.05) is 28.9 Å². The smallest absolute Gasteiger partial charge is 0.125 e. The molecule has 0 bridgehead atoms. The first-order valence-electron chi connectivity index (χ1n) is 5.47. The van der Waals surface area contributed by atoms with E-state index in [9.17, 15) is 0 Å². The highest BCUT2D eigenvalue weighted by Crippen LogP contribution is 2.31. The van der Waals surface area contributed by atoms with Crippen LogP contribution in [-0.4, -0.2) is 16.0 Å². The predicted molar refractivity (Wildman–Crippen MR) is 65.3 cm³/mol. The van der Waals surface area contributed by atoms with Crippen molar-refractivity contribution in [1.82, 2.24) is 9.97 Å². The van der Waals surface area contributed by atoms with Crippen molar-refractivity contribution in [2.45, 2.75) is 25.3 Å². The number of thiazole rings is 1. The molecule has 3 nitrogen and oxygen atoms in total. The van der Waals surface area contributed by atoms with Gasteiger partial charge in [0.15, 0.2) is 0 Å². The molecule has 0 radical (unpaired) electrons. The summed E-state index contributed by atoms with van der Waals surface area (Å²) < 4.78 is 0. The molecule has 4 heteroatoms. The summed E-state index contributed by atoms with van der Waals surface area (Å²) in [5.41, 5.74) is 8.31. The van der Waals surface area contributed by atoms with Gasteiger partial charge < -0.3 is 5.73 Å². The van der Waals surface area contributed by atoms with Gasteiger partial charge in [0.25, 0.3) is 0 Å². The van der Waals surface area contributed by atoms with Crippen LogP contribution >= 0.6 is 11.3 Å². The summed E-state index contributed by atoms with van der Waals surface area (Å²) in [4.78, 5) is 10.2. The molecule has 1 aliphatic rings. The van der Waals surface area contributed by atoms with Crippen LogP contribution in [0.1, 0.15) is 17.0 Å². The molecule has 0 aliphatic heterocycles. The van der Waals surface area contributed by atoms with E-state index < -0.39 is 0 Å². The molecule has 2 aromatic rings. The first-order valence-corrected chi connectivity index (χ1v) is 6.29. The molecule has 82 valence electrons. The van der Waals surface area contributed by atoms with Crippen molar-refractivity contribution in [2.75, 3.05) is 0 Å². The number of pyridine rings is 1. The summed E-state index contributed by atoms with van der Waals surface area (Å²) in [5.74, 6) is 0. The Morgan fingerprint density at radius 3 is 3.19 bits per heavy atom. The SMILES string of the molecule is NC1CCc2nc(-c3cccnc3)sc2C1. The molecule has 0 fully saturated rings. The van der Waals surface area contributed by atoms with Crippen LogP contribution in [0.5, 0.6) is 0 Å². The second kappa shape index (κ2) is 3.96. The van der Waals surface area contributed by atoms with Crippen LogP contribution < -0.4 is 5.73 Å². The van der Waals surface area contributed by atoms with Crippen molar-refractivity contribution in [2.24, 2.45) is 5.73 Å². The van der Waals surface area contributed by atoms with Gasteiger partial charge in [0.2, 0.25) is 0 Å². The fraction of sp³-hybridized carbons (Fsp3) is 0.333. The van der Waals surface area contributed by atoms with Crippen LogP contribution in [0.3, 0.4) is 0 Å². The second-order valence-electron chi connectivity index (χ2n) is 4.13. The molecule has 0 spiro atoms. The van der Waals surface area contributed by atoms with E-state index >= 15 is 0 Å². The van der Waals surface area contributed by atoms with E-state index in [2.05, 4.69) is 16.0 Å². The van der Waals surface area contributed by atoms with Gasteiger partial charge in [-0.05, 0) is 31.4 Å². The van der Waals surface area contributed by atoms with Crippen LogP contribution in [0, 0.1) is 0 Å². The van der Waals surface area contributed by atoms with Crippen LogP contribution in [0.2, 0.25) is 0 Å². The zero-order valence-electron chi connectivity index (χ0n) is 8.89. The number of aromatic nitrogens is 2. The Labute approximate surface area is 98.4 Å². The lowest BCUT2D eigenvalue weighted by atomic mass is 9.99. The molecule has 0 amide bonds. The van der Waals surface area contributed by atoms with E-state index in [-0.39, 0.29) is 0 Å². The lowest BCUT2D eigenvalue weighted by Crippen LogP contribution is -2.26. The Balaban J connectivity index is 1.99. The average Bonchev–Trinajstić information content (AvgIpc) is 2.73. The minimum atomic E-state index is 0.315. The molecule has 0 saturated carbocycles. The van der Waals surface area contributed by atoms with Crippen molar-refractivity contribution >= 4 is 11.3 Å². The Kier molecular flexibility index (Phi) is 2.46. The number of fused-ring (bicyclic) bond motifs is 1. The summed E-state index contributed by atoms with van der Waals surface area (Å²) in [6.07, 6.45) is 6.71. The maximum atomic E-state index is 5.96. The number of rotatable bonds is 1. The summed E-state index contributed by atoms with van der Waals surface area (Å²) in [6, 6.07) is 4.31. The topological polar surface area (TPSA) is 51.8 Å². The Morgan fingerprint density at radius 2 is 2.38 bits per heavy atom. The lowest BCUT2D eigenvalue weighted by Gasteiger charge is -2.15. The van der Waals surface area contributed by atoms with Gasteiger partial charge in [-0.3, -0.25) is 4.98 Å². The maximum Gasteiger partial charge on any atom is 0.125 e. The fourth-order valence-corrected chi connectivity index (χ4v) is 3.20. The van der Waals surface area contributed by atoms with E-state index in [0.717, 1.165) is 29.8 Å². The number of aryl methyl sites for hydroxylation is 1. The second-order valence-corrected chi connectivity index (χ2v) is 5.22. The molecule has 1 unspecified atom stereocenters. The van der Waals surface area contributed by atoms with Crippen molar-refractivity contribution in [3.63, 3.8) is 0 Å². The first-order chi connectivity index (χ1) is 7.83. The van der Waals surface area contributed by atoms with E-state index in [4.69, 9.17) is 5.73 Å². The average molecular weight is 231 g/mol. The minimum absolute atomic E-state index is 0.315. The van der Waals surface area contributed by atoms with E-state index in [1.165, 1.54) is 10.6 Å². The van der Waals surface area contributed by atoms with Crippen LogP contribution in [0.15, 0.2) is 24.5 Å². The molecule has 2 heterocycles. The number of nitrogens with two attached hydrogens (primary N) is 1. The number of hydrogen-bond acceptors (Lipinski definition) is 4. The molecule has 0 aromatic carbocycles. The van der Waals surface area contributed by atoms with Gasteiger partial charge in [-0.1, -0.05) is 0 Å². The fourth-order valence-electron chi connectivity index (χ4n) is 2.01. The quantitative estimate of drug-likeness (QED) is 0.817. The van der Waals surface area contributed by atoms with Crippen LogP contribution in [0.4, 0.5) is 0 Å². The zero-order chi connectivity index (χ0) is 11.0. The lowest BCUT2D eigenvalue weighted by molar-refractivity contribution is 0.576. The Hall–Kier alpha value is -1.26. The normalized spacial score (nSPS) is 19.4. The molecule has 1 atom stereocenters. The van der Waals surface area contributed by atoms with Crippen molar-refractivity contribution < 1.29 is 0 Å². The van der Waals surface area contributed by atoms with Gasteiger partial charge in [-0.15, -0.1) is 11.3 Å². The molecular weight excluding hydrogens is 218 g/mol. The molecule has 2 aromatic heterocycles. The molecule has 2 N–H and O–H groups in total. The molecule has 1 aliphatic carbocycles. The van der Waals surface area contributed by atoms with Gasteiger partial charge in [-0.2, -0.15) is 0 Å². The monoisotopic (exact) mass is 231 g/mol. The summed E-state index contributed by atoms with van der Waals surface area (Å²) in [7, 11) is 0. The summed E-state index contributed by atoms with van der Waals surface area (Å²) in [6.45, 7) is 0. The highest BCUT2D eigenvalue weighted by atomic mass is 32.1. The van der Waals surface area contributed by atoms with E-state index in [0.29, 0.717) is 6.04 Å². The number of nitrogens with zero attached hydrogens (tertiary/aromatic N) is 2. The van der Waals surface area contributed by atoms with Crippen LogP contribution in [0.25, 0.3) is 10.6 Å². The van der Waals surface area contributed by atoms with E-state index in [1.807, 2.05) is 12.3 Å². The Bertz CT molecular complexity index is 492.